The summed E-state index contributed by atoms with van der Waals surface area (Å²) in [5.74, 6) is -0.0460. The highest BCUT2D eigenvalue weighted by Gasteiger charge is 2.17. The van der Waals surface area contributed by atoms with Gasteiger partial charge in [-0.05, 0) is 29.6 Å². The first kappa shape index (κ1) is 14.8. The maximum Gasteiger partial charge on any atom is 0.314 e. The number of methoxy groups -OCH3 is 1. The fourth-order valence-electron chi connectivity index (χ4n) is 1.47. The Morgan fingerprint density at radius 1 is 1.47 bits per heavy atom. The van der Waals surface area contributed by atoms with E-state index in [-0.39, 0.29) is 13.0 Å². The number of nitrogens with zero attached hydrogens (tertiary/aromatic N) is 3. The predicted molar refractivity (Wildman–Crippen MR) is 66.6 cm³/mol. The molecule has 1 aromatic carbocycles. The van der Waals surface area contributed by atoms with Crippen molar-refractivity contribution in [3.05, 3.63) is 40.3 Å². The number of alkyl halides is 1. The van der Waals surface area contributed by atoms with E-state index < -0.39 is 18.7 Å². The van der Waals surface area contributed by atoms with Gasteiger partial charge >= 0.3 is 5.97 Å². The number of carbonyl (C=O) groups is 1. The quantitative estimate of drug-likeness (QED) is 0.329. The molecule has 0 aliphatic heterocycles. The zero-order valence-electron chi connectivity index (χ0n) is 10.5. The molecule has 0 spiro atoms. The summed E-state index contributed by atoms with van der Waals surface area (Å²) in [5, 5.41) is 3.39. The van der Waals surface area contributed by atoms with E-state index in [0.717, 1.165) is 5.56 Å². The molecule has 7 heteroatoms. The van der Waals surface area contributed by atoms with Crippen molar-refractivity contribution in [2.45, 2.75) is 12.5 Å². The summed E-state index contributed by atoms with van der Waals surface area (Å²) in [4.78, 5) is 14.0. The first-order chi connectivity index (χ1) is 9.21. The van der Waals surface area contributed by atoms with Crippen LogP contribution < -0.4 is 4.74 Å². The van der Waals surface area contributed by atoms with Crippen molar-refractivity contribution in [3.8, 4) is 5.75 Å². The first-order valence-electron chi connectivity index (χ1n) is 5.61. The average molecular weight is 267 g/mol. The van der Waals surface area contributed by atoms with Crippen molar-refractivity contribution in [1.29, 1.82) is 0 Å². The number of azide groups is 1. The van der Waals surface area contributed by atoms with Gasteiger partial charge in [0.2, 0.25) is 0 Å². The molecular formula is C12H14FN3O3. The van der Waals surface area contributed by atoms with E-state index in [9.17, 15) is 9.18 Å². The van der Waals surface area contributed by atoms with Gasteiger partial charge in [-0.1, -0.05) is 17.2 Å². The minimum atomic E-state index is -0.896. The molecule has 102 valence electrons. The topological polar surface area (TPSA) is 84.3 Å². The molecule has 0 saturated carbocycles. The van der Waals surface area contributed by atoms with E-state index in [4.69, 9.17) is 10.3 Å². The van der Waals surface area contributed by atoms with Gasteiger partial charge in [0.1, 0.15) is 25.1 Å². The van der Waals surface area contributed by atoms with Gasteiger partial charge in [-0.25, -0.2) is 4.39 Å². The summed E-state index contributed by atoms with van der Waals surface area (Å²) in [5.41, 5.74) is 9.18. The Morgan fingerprint density at radius 2 is 2.16 bits per heavy atom. The third-order valence-electron chi connectivity index (χ3n) is 2.36. The second kappa shape index (κ2) is 7.94. The number of benzene rings is 1. The molecule has 0 N–H and O–H groups in total. The van der Waals surface area contributed by atoms with Gasteiger partial charge in [0.15, 0.2) is 0 Å². The Morgan fingerprint density at radius 3 is 2.68 bits per heavy atom. The van der Waals surface area contributed by atoms with Crippen LogP contribution in [0.1, 0.15) is 5.56 Å². The Labute approximate surface area is 109 Å². The largest absolute Gasteiger partial charge is 0.491 e. The average Bonchev–Trinajstić information content (AvgIpc) is 2.45. The molecular weight excluding hydrogens is 253 g/mol. The number of rotatable bonds is 7. The van der Waals surface area contributed by atoms with Crippen molar-refractivity contribution < 1.29 is 18.7 Å². The molecule has 0 saturated heterocycles. The van der Waals surface area contributed by atoms with Crippen LogP contribution in [0, 0.1) is 0 Å². The number of halogens is 1. The minimum Gasteiger partial charge on any atom is -0.491 e. The lowest BCUT2D eigenvalue weighted by atomic mass is 10.1. The summed E-state index contributed by atoms with van der Waals surface area (Å²) in [6, 6.07) is 5.87. The van der Waals surface area contributed by atoms with Crippen LogP contribution in [0.3, 0.4) is 0 Å². The van der Waals surface area contributed by atoms with Crippen LogP contribution in [0.2, 0.25) is 0 Å². The van der Waals surface area contributed by atoms with Gasteiger partial charge in [-0.15, -0.1) is 0 Å². The van der Waals surface area contributed by atoms with E-state index in [1.165, 1.54) is 7.11 Å². The van der Waals surface area contributed by atoms with Gasteiger partial charge < -0.3 is 9.47 Å². The van der Waals surface area contributed by atoms with E-state index in [2.05, 4.69) is 14.8 Å². The first-order valence-corrected chi connectivity index (χ1v) is 5.61. The molecule has 0 amide bonds. The molecule has 0 bridgehead atoms. The third-order valence-corrected chi connectivity index (χ3v) is 2.36. The van der Waals surface area contributed by atoms with E-state index >= 15 is 0 Å². The number of carbonyl (C=O) groups excluding carboxylic acids is 1. The number of hydrogen-bond acceptors (Lipinski definition) is 4. The number of ether oxygens (including phenoxy) is 2. The van der Waals surface area contributed by atoms with Crippen LogP contribution in [-0.4, -0.2) is 32.4 Å². The van der Waals surface area contributed by atoms with Crippen LogP contribution in [0.15, 0.2) is 29.4 Å². The maximum absolute atomic E-state index is 11.9. The maximum atomic E-state index is 11.9. The van der Waals surface area contributed by atoms with Gasteiger partial charge in [-0.3, -0.25) is 4.79 Å². The molecule has 6 nitrogen and oxygen atoms in total. The molecule has 0 radical (unpaired) electrons. The summed E-state index contributed by atoms with van der Waals surface area (Å²) in [6.07, 6.45) is 0.236. The lowest BCUT2D eigenvalue weighted by Crippen LogP contribution is -2.22. The van der Waals surface area contributed by atoms with Crippen molar-refractivity contribution in [3.63, 3.8) is 0 Å². The molecule has 1 atom stereocenters. The Balaban J connectivity index is 2.69. The smallest absolute Gasteiger partial charge is 0.314 e. The minimum absolute atomic E-state index is 0.00284. The third kappa shape index (κ3) is 4.85. The van der Waals surface area contributed by atoms with Crippen LogP contribution in [0.25, 0.3) is 10.4 Å². The van der Waals surface area contributed by atoms with Crippen LogP contribution in [0.4, 0.5) is 4.39 Å². The Bertz CT molecular complexity index is 458. The summed E-state index contributed by atoms with van der Waals surface area (Å²) >= 11 is 0. The highest BCUT2D eigenvalue weighted by Crippen LogP contribution is 2.15. The van der Waals surface area contributed by atoms with Gasteiger partial charge in [0.05, 0.1) is 7.11 Å². The molecule has 0 aliphatic carbocycles. The monoisotopic (exact) mass is 267 g/mol. The Kier molecular flexibility index (Phi) is 6.18. The molecule has 0 aromatic heterocycles. The summed E-state index contributed by atoms with van der Waals surface area (Å²) in [7, 11) is 1.23. The van der Waals surface area contributed by atoms with E-state index in [0.29, 0.717) is 5.75 Å². The van der Waals surface area contributed by atoms with E-state index in [1.54, 1.807) is 24.3 Å². The summed E-state index contributed by atoms with van der Waals surface area (Å²) in [6.45, 7) is -0.550. The van der Waals surface area contributed by atoms with Crippen molar-refractivity contribution in [2.75, 3.05) is 20.4 Å². The normalized spacial score (nSPS) is 11.3. The second-order valence-corrected chi connectivity index (χ2v) is 3.63. The van der Waals surface area contributed by atoms with E-state index in [1.807, 2.05) is 0 Å². The Hall–Kier alpha value is -2.27. The highest BCUT2D eigenvalue weighted by atomic mass is 19.1. The van der Waals surface area contributed by atoms with Crippen LogP contribution in [0.5, 0.6) is 5.75 Å². The van der Waals surface area contributed by atoms with Crippen molar-refractivity contribution in [2.24, 2.45) is 5.11 Å². The van der Waals surface area contributed by atoms with Gasteiger partial charge in [0, 0.05) is 4.91 Å². The lowest BCUT2D eigenvalue weighted by Gasteiger charge is -2.09. The lowest BCUT2D eigenvalue weighted by molar-refractivity contribution is -0.142. The number of hydrogen-bond donors (Lipinski definition) is 0. The van der Waals surface area contributed by atoms with Gasteiger partial charge in [0.25, 0.3) is 0 Å². The highest BCUT2D eigenvalue weighted by molar-refractivity contribution is 5.76. The van der Waals surface area contributed by atoms with Crippen molar-refractivity contribution in [1.82, 2.24) is 0 Å². The molecule has 1 aromatic rings. The molecule has 0 heterocycles. The van der Waals surface area contributed by atoms with Gasteiger partial charge in [-0.2, -0.15) is 0 Å². The fourth-order valence-corrected chi connectivity index (χ4v) is 1.47. The summed E-state index contributed by atoms with van der Waals surface area (Å²) < 4.78 is 21.5. The molecule has 0 fully saturated rings. The molecule has 0 unspecified atom stereocenters. The zero-order chi connectivity index (χ0) is 14.1. The molecule has 0 aliphatic rings. The second-order valence-electron chi connectivity index (χ2n) is 3.63. The fraction of sp³-hybridized carbons (Fsp3) is 0.417. The van der Waals surface area contributed by atoms with Crippen LogP contribution >= 0.6 is 0 Å². The predicted octanol–water partition coefficient (Wildman–Crippen LogP) is 2.43. The molecule has 1 rings (SSSR count). The zero-order valence-corrected chi connectivity index (χ0v) is 10.5. The molecule has 19 heavy (non-hydrogen) atoms. The standard InChI is InChI=1S/C12H14FN3O3/c1-18-12(17)11(15-16-14)8-9-2-4-10(5-3-9)19-7-6-13/h2-5,11H,6-8H2,1H3/t11-/m0/s1. The van der Waals surface area contributed by atoms with Crippen molar-refractivity contribution >= 4 is 5.97 Å². The number of esters is 1. The SMILES string of the molecule is COC(=O)[C@H](Cc1ccc(OCCF)cc1)N=[N+]=[N-]. The van der Waals surface area contributed by atoms with Crippen LogP contribution in [-0.2, 0) is 16.0 Å².